The number of primary sulfonamides is 1. The minimum absolute atomic E-state index is 0.0330. The Morgan fingerprint density at radius 2 is 2.00 bits per heavy atom. The third-order valence-electron chi connectivity index (χ3n) is 3.29. The van der Waals surface area contributed by atoms with Crippen molar-refractivity contribution in [1.82, 2.24) is 4.90 Å². The van der Waals surface area contributed by atoms with Gasteiger partial charge in [0.05, 0.1) is 0 Å². The van der Waals surface area contributed by atoms with E-state index in [0.717, 1.165) is 25.0 Å². The van der Waals surface area contributed by atoms with Gasteiger partial charge in [-0.05, 0) is 31.4 Å². The number of amides is 1. The SMILES string of the molecule is CCCN(C(=O)c1c(F)ccc(S(N)(=O)=O)c1F)C1CC1. The second-order valence-corrected chi connectivity index (χ2v) is 6.54. The van der Waals surface area contributed by atoms with Crippen molar-refractivity contribution in [1.29, 1.82) is 0 Å². The number of sulfonamides is 1. The molecule has 0 bridgehead atoms. The zero-order valence-electron chi connectivity index (χ0n) is 11.5. The van der Waals surface area contributed by atoms with E-state index in [1.165, 1.54) is 4.90 Å². The normalized spacial score (nSPS) is 15.0. The van der Waals surface area contributed by atoms with Crippen LogP contribution in [0.2, 0.25) is 0 Å². The number of rotatable bonds is 5. The first-order chi connectivity index (χ1) is 9.77. The van der Waals surface area contributed by atoms with E-state index in [4.69, 9.17) is 5.14 Å². The minimum atomic E-state index is -4.36. The molecular weight excluding hydrogens is 302 g/mol. The molecule has 1 fully saturated rings. The van der Waals surface area contributed by atoms with Gasteiger partial charge in [0, 0.05) is 12.6 Å². The molecule has 0 aliphatic heterocycles. The lowest BCUT2D eigenvalue weighted by Gasteiger charge is -2.22. The number of hydrogen-bond donors (Lipinski definition) is 1. The number of halogens is 2. The lowest BCUT2D eigenvalue weighted by Crippen LogP contribution is -2.35. The first kappa shape index (κ1) is 15.8. The summed E-state index contributed by atoms with van der Waals surface area (Å²) in [5, 5.41) is 4.87. The average molecular weight is 318 g/mol. The maximum atomic E-state index is 14.2. The molecule has 0 saturated heterocycles. The molecule has 0 aromatic heterocycles. The zero-order chi connectivity index (χ0) is 15.8. The number of benzene rings is 1. The van der Waals surface area contributed by atoms with Gasteiger partial charge < -0.3 is 4.90 Å². The Kier molecular flexibility index (Phi) is 4.29. The zero-order valence-corrected chi connectivity index (χ0v) is 12.3. The first-order valence-electron chi connectivity index (χ1n) is 6.59. The summed E-state index contributed by atoms with van der Waals surface area (Å²) in [5.41, 5.74) is -0.859. The molecule has 1 aliphatic rings. The largest absolute Gasteiger partial charge is 0.335 e. The van der Waals surface area contributed by atoms with E-state index < -0.39 is 38.0 Å². The van der Waals surface area contributed by atoms with Crippen LogP contribution in [0.5, 0.6) is 0 Å². The van der Waals surface area contributed by atoms with Crippen molar-refractivity contribution < 1.29 is 22.0 Å². The second-order valence-electron chi connectivity index (χ2n) is 5.01. The van der Waals surface area contributed by atoms with Gasteiger partial charge in [-0.1, -0.05) is 6.92 Å². The highest BCUT2D eigenvalue weighted by molar-refractivity contribution is 7.89. The molecule has 1 aliphatic carbocycles. The third kappa shape index (κ3) is 3.21. The molecule has 1 aromatic rings. The number of carbonyl (C=O) groups excluding carboxylic acids is 1. The number of nitrogens with zero attached hydrogens (tertiary/aromatic N) is 1. The van der Waals surface area contributed by atoms with Crippen molar-refractivity contribution in [2.75, 3.05) is 6.54 Å². The van der Waals surface area contributed by atoms with Crippen LogP contribution in [0.4, 0.5) is 8.78 Å². The molecule has 1 aromatic carbocycles. The number of hydrogen-bond acceptors (Lipinski definition) is 3. The van der Waals surface area contributed by atoms with Gasteiger partial charge in [0.2, 0.25) is 10.0 Å². The van der Waals surface area contributed by atoms with Crippen molar-refractivity contribution >= 4 is 15.9 Å². The Bertz CT molecular complexity index is 672. The molecule has 0 unspecified atom stereocenters. The molecule has 0 radical (unpaired) electrons. The fourth-order valence-electron chi connectivity index (χ4n) is 2.17. The van der Waals surface area contributed by atoms with E-state index in [-0.39, 0.29) is 6.04 Å². The molecule has 0 heterocycles. The van der Waals surface area contributed by atoms with Crippen LogP contribution in [0.1, 0.15) is 36.5 Å². The van der Waals surface area contributed by atoms with Crippen molar-refractivity contribution in [3.63, 3.8) is 0 Å². The molecule has 21 heavy (non-hydrogen) atoms. The molecular formula is C13H16F2N2O3S. The summed E-state index contributed by atoms with van der Waals surface area (Å²) < 4.78 is 50.6. The third-order valence-corrected chi connectivity index (χ3v) is 4.22. The summed E-state index contributed by atoms with van der Waals surface area (Å²) in [6, 6.07) is 1.43. The van der Waals surface area contributed by atoms with E-state index in [9.17, 15) is 22.0 Å². The molecule has 8 heteroatoms. The van der Waals surface area contributed by atoms with Crippen molar-refractivity contribution in [3.8, 4) is 0 Å². The standard InChI is InChI=1S/C13H16F2N2O3S/c1-2-7-17(8-3-4-8)13(18)11-9(14)5-6-10(12(11)15)21(16,19)20/h5-6,8H,2-4,7H2,1H3,(H2,16,19,20). The summed E-state index contributed by atoms with van der Waals surface area (Å²) in [5.74, 6) is -3.35. The van der Waals surface area contributed by atoms with Crippen LogP contribution in [-0.4, -0.2) is 31.8 Å². The Morgan fingerprint density at radius 3 is 2.48 bits per heavy atom. The van der Waals surface area contributed by atoms with Gasteiger partial charge in [0.1, 0.15) is 16.3 Å². The van der Waals surface area contributed by atoms with Gasteiger partial charge in [-0.25, -0.2) is 22.3 Å². The lowest BCUT2D eigenvalue weighted by molar-refractivity contribution is 0.0732. The van der Waals surface area contributed by atoms with Gasteiger partial charge in [-0.2, -0.15) is 0 Å². The highest BCUT2D eigenvalue weighted by atomic mass is 32.2. The summed E-state index contributed by atoms with van der Waals surface area (Å²) in [4.78, 5) is 12.9. The molecule has 2 N–H and O–H groups in total. The second kappa shape index (κ2) is 5.69. The highest BCUT2D eigenvalue weighted by Crippen LogP contribution is 2.30. The van der Waals surface area contributed by atoms with Gasteiger partial charge in [0.15, 0.2) is 5.82 Å². The van der Waals surface area contributed by atoms with Gasteiger partial charge in [-0.15, -0.1) is 0 Å². The predicted molar refractivity (Wildman–Crippen MR) is 72.1 cm³/mol. The Balaban J connectivity index is 2.49. The van der Waals surface area contributed by atoms with E-state index in [0.29, 0.717) is 13.0 Å². The van der Waals surface area contributed by atoms with E-state index in [2.05, 4.69) is 0 Å². The first-order valence-corrected chi connectivity index (χ1v) is 8.13. The van der Waals surface area contributed by atoms with Crippen LogP contribution in [0, 0.1) is 11.6 Å². The van der Waals surface area contributed by atoms with E-state index in [1.807, 2.05) is 6.92 Å². The molecule has 0 spiro atoms. The Hall–Kier alpha value is -1.54. The van der Waals surface area contributed by atoms with Crippen LogP contribution < -0.4 is 5.14 Å². The fraction of sp³-hybridized carbons (Fsp3) is 0.462. The lowest BCUT2D eigenvalue weighted by atomic mass is 10.1. The molecule has 1 amide bonds. The number of carbonyl (C=O) groups is 1. The quantitative estimate of drug-likeness (QED) is 0.896. The topological polar surface area (TPSA) is 80.5 Å². The Labute approximate surface area is 121 Å². The van der Waals surface area contributed by atoms with Gasteiger partial charge in [0.25, 0.3) is 5.91 Å². The van der Waals surface area contributed by atoms with Crippen molar-refractivity contribution in [3.05, 3.63) is 29.3 Å². The monoisotopic (exact) mass is 318 g/mol. The van der Waals surface area contributed by atoms with E-state index >= 15 is 0 Å². The minimum Gasteiger partial charge on any atom is -0.335 e. The van der Waals surface area contributed by atoms with Gasteiger partial charge >= 0.3 is 0 Å². The van der Waals surface area contributed by atoms with E-state index in [1.54, 1.807) is 0 Å². The van der Waals surface area contributed by atoms with Crippen LogP contribution >= 0.6 is 0 Å². The fourth-order valence-corrected chi connectivity index (χ4v) is 2.78. The number of nitrogens with two attached hydrogens (primary N) is 1. The molecule has 5 nitrogen and oxygen atoms in total. The molecule has 0 atom stereocenters. The van der Waals surface area contributed by atoms with Gasteiger partial charge in [-0.3, -0.25) is 4.79 Å². The molecule has 2 rings (SSSR count). The summed E-state index contributed by atoms with van der Waals surface area (Å²) in [7, 11) is -4.36. The van der Waals surface area contributed by atoms with Crippen LogP contribution in [-0.2, 0) is 10.0 Å². The predicted octanol–water partition coefficient (Wildman–Crippen LogP) is 1.63. The van der Waals surface area contributed by atoms with Crippen molar-refractivity contribution in [2.45, 2.75) is 37.1 Å². The Morgan fingerprint density at radius 1 is 1.38 bits per heavy atom. The average Bonchev–Trinajstić information content (AvgIpc) is 3.18. The van der Waals surface area contributed by atoms with Crippen LogP contribution in [0.25, 0.3) is 0 Å². The smallest absolute Gasteiger partial charge is 0.260 e. The van der Waals surface area contributed by atoms with Crippen LogP contribution in [0.3, 0.4) is 0 Å². The van der Waals surface area contributed by atoms with Crippen molar-refractivity contribution in [2.24, 2.45) is 5.14 Å². The summed E-state index contributed by atoms with van der Waals surface area (Å²) >= 11 is 0. The molecule has 1 saturated carbocycles. The maximum Gasteiger partial charge on any atom is 0.260 e. The maximum absolute atomic E-state index is 14.2. The molecule has 116 valence electrons. The summed E-state index contributed by atoms with van der Waals surface area (Å²) in [6.07, 6.45) is 2.20. The van der Waals surface area contributed by atoms with Crippen LogP contribution in [0.15, 0.2) is 17.0 Å². The highest BCUT2D eigenvalue weighted by Gasteiger charge is 2.35. The summed E-state index contributed by atoms with van der Waals surface area (Å²) in [6.45, 7) is 2.21.